The number of imidazole rings is 1. The number of piperidine rings is 1. The molecule has 1 saturated carbocycles. The molecule has 2 saturated heterocycles. The molecule has 1 unspecified atom stereocenters. The Morgan fingerprint density at radius 2 is 1.96 bits per heavy atom. The summed E-state index contributed by atoms with van der Waals surface area (Å²) in [5.74, 6) is 1.80. The van der Waals surface area contributed by atoms with Gasteiger partial charge < -0.3 is 19.5 Å². The van der Waals surface area contributed by atoms with Crippen molar-refractivity contribution in [2.24, 2.45) is 13.0 Å². The molecule has 3 heterocycles. The highest BCUT2D eigenvalue weighted by atomic mass is 16.6. The minimum atomic E-state index is -0.396. The van der Waals surface area contributed by atoms with E-state index in [0.717, 1.165) is 26.1 Å². The number of hydrogen-bond acceptors (Lipinski definition) is 5. The van der Waals surface area contributed by atoms with Gasteiger partial charge in [-0.05, 0) is 66.0 Å². The molecule has 1 aliphatic carbocycles. The normalized spacial score (nSPS) is 32.6. The number of aromatic nitrogens is 2. The first kappa shape index (κ1) is 18.9. The van der Waals surface area contributed by atoms with Crippen molar-refractivity contribution in [3.05, 3.63) is 18.2 Å². The zero-order valence-corrected chi connectivity index (χ0v) is 17.2. The van der Waals surface area contributed by atoms with Gasteiger partial charge in [-0.3, -0.25) is 4.79 Å². The summed E-state index contributed by atoms with van der Waals surface area (Å²) in [4.78, 5) is 19.6. The Morgan fingerprint density at radius 3 is 2.56 bits per heavy atom. The van der Waals surface area contributed by atoms with Gasteiger partial charge in [0, 0.05) is 43.5 Å². The molecule has 1 spiro atoms. The van der Waals surface area contributed by atoms with E-state index in [0.29, 0.717) is 12.0 Å². The minimum absolute atomic E-state index is 0.0133. The van der Waals surface area contributed by atoms with Gasteiger partial charge >= 0.3 is 5.97 Å². The molecule has 1 aromatic rings. The number of nitrogens with one attached hydrogen (secondary N) is 1. The number of carbonyl (C=O) groups excluding carboxylic acids is 1. The predicted molar refractivity (Wildman–Crippen MR) is 104 cm³/mol. The van der Waals surface area contributed by atoms with Crippen LogP contribution in [0.3, 0.4) is 0 Å². The molecule has 27 heavy (non-hydrogen) atoms. The standard InChI is InChI=1S/C21H34N4O2/c1-20(2,3)27-19(26)16-11-21(23-14-16)12-17(13-21)25-8-5-15(6-9-25)18-22-7-10-24(18)4/h7,10,15-17,23H,5-6,8-9,11-14H2,1-4H3. The van der Waals surface area contributed by atoms with Crippen LogP contribution < -0.4 is 5.32 Å². The van der Waals surface area contributed by atoms with Crippen LogP contribution in [0.5, 0.6) is 0 Å². The van der Waals surface area contributed by atoms with E-state index in [4.69, 9.17) is 4.74 Å². The number of rotatable bonds is 3. The van der Waals surface area contributed by atoms with Crippen molar-refractivity contribution in [3.8, 4) is 0 Å². The Bertz CT molecular complexity index is 679. The molecule has 3 fully saturated rings. The van der Waals surface area contributed by atoms with Crippen LogP contribution in [0.2, 0.25) is 0 Å². The molecule has 0 aromatic carbocycles. The van der Waals surface area contributed by atoms with Crippen LogP contribution in [0.25, 0.3) is 0 Å². The molecular weight excluding hydrogens is 340 g/mol. The smallest absolute Gasteiger partial charge is 0.310 e. The Labute approximate surface area is 162 Å². The zero-order chi connectivity index (χ0) is 19.2. The zero-order valence-electron chi connectivity index (χ0n) is 17.2. The van der Waals surface area contributed by atoms with Crippen LogP contribution in [0, 0.1) is 5.92 Å². The van der Waals surface area contributed by atoms with Gasteiger partial charge in [-0.2, -0.15) is 0 Å². The molecule has 1 N–H and O–H groups in total. The summed E-state index contributed by atoms with van der Waals surface area (Å²) in [5.41, 5.74) is -0.227. The SMILES string of the molecule is Cn1ccnc1C1CCN(C2CC3(CC(C(=O)OC(C)(C)C)CN3)C2)CC1. The topological polar surface area (TPSA) is 59.4 Å². The number of nitrogens with zero attached hydrogens (tertiary/aromatic N) is 3. The van der Waals surface area contributed by atoms with Gasteiger partial charge in [0.25, 0.3) is 0 Å². The number of likely N-dealkylation sites (tertiary alicyclic amines) is 1. The van der Waals surface area contributed by atoms with E-state index >= 15 is 0 Å². The number of esters is 1. The Morgan fingerprint density at radius 1 is 1.26 bits per heavy atom. The molecule has 4 rings (SSSR count). The molecule has 1 aromatic heterocycles. The van der Waals surface area contributed by atoms with E-state index in [-0.39, 0.29) is 17.4 Å². The second kappa shape index (κ2) is 6.89. The summed E-state index contributed by atoms with van der Waals surface area (Å²) in [7, 11) is 2.09. The van der Waals surface area contributed by atoms with Crippen LogP contribution >= 0.6 is 0 Å². The average molecular weight is 375 g/mol. The number of carbonyl (C=O) groups is 1. The van der Waals surface area contributed by atoms with Crippen LogP contribution in [0.1, 0.15) is 64.6 Å². The van der Waals surface area contributed by atoms with Crippen molar-refractivity contribution in [3.63, 3.8) is 0 Å². The van der Waals surface area contributed by atoms with Gasteiger partial charge in [-0.1, -0.05) is 0 Å². The molecule has 150 valence electrons. The van der Waals surface area contributed by atoms with Crippen LogP contribution in [0.4, 0.5) is 0 Å². The lowest BCUT2D eigenvalue weighted by Crippen LogP contribution is -2.60. The van der Waals surface area contributed by atoms with E-state index in [1.54, 1.807) is 0 Å². The molecular formula is C21H34N4O2. The highest BCUT2D eigenvalue weighted by molar-refractivity contribution is 5.74. The predicted octanol–water partition coefficient (Wildman–Crippen LogP) is 2.45. The number of aryl methyl sites for hydroxylation is 1. The molecule has 3 aliphatic rings. The van der Waals surface area contributed by atoms with Crippen molar-refractivity contribution in [1.29, 1.82) is 0 Å². The van der Waals surface area contributed by atoms with Gasteiger partial charge in [0.2, 0.25) is 0 Å². The Kier molecular flexibility index (Phi) is 4.83. The van der Waals surface area contributed by atoms with Crippen molar-refractivity contribution in [2.75, 3.05) is 19.6 Å². The lowest BCUT2D eigenvalue weighted by atomic mass is 9.69. The third-order valence-corrected chi connectivity index (χ3v) is 6.62. The van der Waals surface area contributed by atoms with Gasteiger partial charge in [-0.15, -0.1) is 0 Å². The quantitative estimate of drug-likeness (QED) is 0.824. The average Bonchev–Trinajstić information content (AvgIpc) is 3.19. The lowest BCUT2D eigenvalue weighted by molar-refractivity contribution is -0.159. The van der Waals surface area contributed by atoms with Gasteiger partial charge in [0.05, 0.1) is 5.92 Å². The van der Waals surface area contributed by atoms with Crippen LogP contribution in [-0.4, -0.2) is 57.2 Å². The maximum absolute atomic E-state index is 12.4. The molecule has 0 amide bonds. The van der Waals surface area contributed by atoms with Gasteiger partial charge in [0.15, 0.2) is 0 Å². The summed E-state index contributed by atoms with van der Waals surface area (Å²) < 4.78 is 7.75. The summed E-state index contributed by atoms with van der Waals surface area (Å²) in [5, 5.41) is 3.65. The molecule has 2 aliphatic heterocycles. The van der Waals surface area contributed by atoms with E-state index in [2.05, 4.69) is 26.8 Å². The fourth-order valence-electron chi connectivity index (χ4n) is 5.21. The van der Waals surface area contributed by atoms with Crippen molar-refractivity contribution < 1.29 is 9.53 Å². The van der Waals surface area contributed by atoms with Gasteiger partial charge in [-0.25, -0.2) is 4.98 Å². The minimum Gasteiger partial charge on any atom is -0.460 e. The molecule has 1 atom stereocenters. The van der Waals surface area contributed by atoms with E-state index in [9.17, 15) is 4.79 Å². The first-order valence-corrected chi connectivity index (χ1v) is 10.4. The fraction of sp³-hybridized carbons (Fsp3) is 0.810. The van der Waals surface area contributed by atoms with Crippen molar-refractivity contribution >= 4 is 5.97 Å². The third kappa shape index (κ3) is 3.92. The highest BCUT2D eigenvalue weighted by Gasteiger charge is 2.52. The maximum Gasteiger partial charge on any atom is 0.310 e. The van der Waals surface area contributed by atoms with Crippen molar-refractivity contribution in [1.82, 2.24) is 19.8 Å². The second-order valence-electron chi connectivity index (χ2n) is 9.86. The van der Waals surface area contributed by atoms with Crippen molar-refractivity contribution in [2.45, 2.75) is 76.0 Å². The van der Waals surface area contributed by atoms with Crippen LogP contribution in [-0.2, 0) is 16.6 Å². The summed E-state index contributed by atoms with van der Waals surface area (Å²) in [6, 6.07) is 0.664. The highest BCUT2D eigenvalue weighted by Crippen LogP contribution is 2.45. The summed E-state index contributed by atoms with van der Waals surface area (Å²) in [6.45, 7) is 8.91. The van der Waals surface area contributed by atoms with Crippen LogP contribution in [0.15, 0.2) is 12.4 Å². The maximum atomic E-state index is 12.4. The third-order valence-electron chi connectivity index (χ3n) is 6.62. The summed E-state index contributed by atoms with van der Waals surface area (Å²) in [6.07, 6.45) is 9.61. The molecule has 0 radical (unpaired) electrons. The fourth-order valence-corrected chi connectivity index (χ4v) is 5.21. The number of hydrogen-bond donors (Lipinski definition) is 1. The molecule has 6 heteroatoms. The molecule has 0 bridgehead atoms. The second-order valence-corrected chi connectivity index (χ2v) is 9.86. The molecule has 6 nitrogen and oxygen atoms in total. The first-order valence-electron chi connectivity index (χ1n) is 10.4. The Hall–Kier alpha value is -1.40. The van der Waals surface area contributed by atoms with E-state index in [1.165, 1.54) is 31.5 Å². The monoisotopic (exact) mass is 374 g/mol. The largest absolute Gasteiger partial charge is 0.460 e. The first-order chi connectivity index (χ1) is 12.7. The van der Waals surface area contributed by atoms with E-state index < -0.39 is 5.60 Å². The van der Waals surface area contributed by atoms with Gasteiger partial charge in [0.1, 0.15) is 11.4 Å². The number of ether oxygens (including phenoxy) is 1. The lowest BCUT2D eigenvalue weighted by Gasteiger charge is -2.52. The Balaban J connectivity index is 1.25. The summed E-state index contributed by atoms with van der Waals surface area (Å²) >= 11 is 0. The van der Waals surface area contributed by atoms with E-state index in [1.807, 2.05) is 33.2 Å².